The lowest BCUT2D eigenvalue weighted by Gasteiger charge is -2.08. The number of benzene rings is 2. The highest BCUT2D eigenvalue weighted by molar-refractivity contribution is 6.30. The van der Waals surface area contributed by atoms with Crippen LogP contribution in [0.2, 0.25) is 5.02 Å². The number of carbonyl (C=O) groups is 1. The van der Waals surface area contributed by atoms with Gasteiger partial charge in [0.25, 0.3) is 0 Å². The molecule has 0 saturated carbocycles. The predicted molar refractivity (Wildman–Crippen MR) is 90.4 cm³/mol. The van der Waals surface area contributed by atoms with Crippen LogP contribution in [-0.2, 0) is 10.9 Å². The molecule has 0 unspecified atom stereocenters. The van der Waals surface area contributed by atoms with Crippen molar-refractivity contribution in [1.82, 2.24) is 9.78 Å². The van der Waals surface area contributed by atoms with Gasteiger partial charge >= 0.3 is 12.1 Å². The minimum atomic E-state index is -4.58. The van der Waals surface area contributed by atoms with E-state index in [9.17, 15) is 18.0 Å². The maximum absolute atomic E-state index is 13.1. The van der Waals surface area contributed by atoms with E-state index in [-0.39, 0.29) is 11.3 Å². The highest BCUT2D eigenvalue weighted by Crippen LogP contribution is 2.33. The molecule has 8 heteroatoms. The van der Waals surface area contributed by atoms with Gasteiger partial charge in [0.05, 0.1) is 24.1 Å². The molecule has 0 N–H and O–H groups in total. The number of rotatable bonds is 3. The second kappa shape index (κ2) is 6.84. The molecule has 0 fully saturated rings. The third-order valence-electron chi connectivity index (χ3n) is 3.67. The molecule has 0 aliphatic rings. The average Bonchev–Trinajstić information content (AvgIpc) is 3.07. The molecule has 4 nitrogen and oxygen atoms in total. The van der Waals surface area contributed by atoms with Gasteiger partial charge in [0.2, 0.25) is 0 Å². The zero-order valence-electron chi connectivity index (χ0n) is 13.4. The first-order valence-corrected chi connectivity index (χ1v) is 7.79. The van der Waals surface area contributed by atoms with Crippen molar-refractivity contribution in [1.29, 1.82) is 0 Å². The summed E-state index contributed by atoms with van der Waals surface area (Å²) < 4.78 is 45.2. The Labute approximate surface area is 151 Å². The Morgan fingerprint density at radius 2 is 1.69 bits per heavy atom. The lowest BCUT2D eigenvalue weighted by molar-refractivity contribution is -0.141. The van der Waals surface area contributed by atoms with Crippen LogP contribution in [0.15, 0.2) is 54.6 Å². The van der Waals surface area contributed by atoms with Crippen molar-refractivity contribution in [3.05, 3.63) is 70.9 Å². The average molecular weight is 381 g/mol. The van der Waals surface area contributed by atoms with Crippen LogP contribution in [0, 0.1) is 0 Å². The first-order valence-electron chi connectivity index (χ1n) is 7.41. The molecule has 0 aliphatic heterocycles. The van der Waals surface area contributed by atoms with Crippen LogP contribution in [0.4, 0.5) is 13.2 Å². The molecule has 1 heterocycles. The van der Waals surface area contributed by atoms with Gasteiger partial charge in [-0.15, -0.1) is 0 Å². The maximum atomic E-state index is 13.1. The minimum absolute atomic E-state index is 0.250. The van der Waals surface area contributed by atoms with E-state index in [0.29, 0.717) is 16.3 Å². The molecular formula is C18H12ClF3N2O2. The van der Waals surface area contributed by atoms with Crippen LogP contribution < -0.4 is 0 Å². The Balaban J connectivity index is 2.11. The van der Waals surface area contributed by atoms with E-state index in [4.69, 9.17) is 11.6 Å². The van der Waals surface area contributed by atoms with Crippen molar-refractivity contribution in [2.75, 3.05) is 7.11 Å². The molecule has 0 radical (unpaired) electrons. The molecule has 134 valence electrons. The number of esters is 1. The number of nitrogens with zero attached hydrogens (tertiary/aromatic N) is 2. The summed E-state index contributed by atoms with van der Waals surface area (Å²) in [6.07, 6.45) is -4.58. The number of aromatic nitrogens is 2. The minimum Gasteiger partial charge on any atom is -0.465 e. The van der Waals surface area contributed by atoms with Crippen molar-refractivity contribution >= 4 is 17.6 Å². The molecular weight excluding hydrogens is 369 g/mol. The Bertz CT molecular complexity index is 933. The number of methoxy groups -OCH3 is 1. The van der Waals surface area contributed by atoms with Crippen LogP contribution in [0.1, 0.15) is 16.1 Å². The Hall–Kier alpha value is -2.80. The highest BCUT2D eigenvalue weighted by atomic mass is 35.5. The molecule has 3 aromatic rings. The maximum Gasteiger partial charge on any atom is 0.435 e. The number of carbonyl (C=O) groups excluding carboxylic acids is 1. The van der Waals surface area contributed by atoms with Crippen molar-refractivity contribution < 1.29 is 22.7 Å². The van der Waals surface area contributed by atoms with Crippen LogP contribution in [0.3, 0.4) is 0 Å². The fourth-order valence-electron chi connectivity index (χ4n) is 2.40. The lowest BCUT2D eigenvalue weighted by atomic mass is 10.1. The first-order chi connectivity index (χ1) is 12.3. The molecule has 2 aromatic carbocycles. The molecule has 0 atom stereocenters. The monoisotopic (exact) mass is 380 g/mol. The Kier molecular flexibility index (Phi) is 4.73. The van der Waals surface area contributed by atoms with E-state index in [1.807, 2.05) is 0 Å². The van der Waals surface area contributed by atoms with Gasteiger partial charge in [0, 0.05) is 10.6 Å². The SMILES string of the molecule is COC(=O)c1ccc(-n2nc(C(F)(F)F)cc2-c2ccc(Cl)cc2)cc1. The summed E-state index contributed by atoms with van der Waals surface area (Å²) in [6, 6.07) is 13.3. The second-order valence-electron chi connectivity index (χ2n) is 5.37. The van der Waals surface area contributed by atoms with Gasteiger partial charge in [-0.1, -0.05) is 23.7 Å². The lowest BCUT2D eigenvalue weighted by Crippen LogP contribution is -2.07. The normalized spacial score (nSPS) is 11.4. The van der Waals surface area contributed by atoms with Gasteiger partial charge < -0.3 is 4.74 Å². The number of hydrogen-bond acceptors (Lipinski definition) is 3. The van der Waals surface area contributed by atoms with Crippen LogP contribution in [0.25, 0.3) is 16.9 Å². The quantitative estimate of drug-likeness (QED) is 0.601. The Morgan fingerprint density at radius 1 is 1.08 bits per heavy atom. The first kappa shape index (κ1) is 18.0. The second-order valence-corrected chi connectivity index (χ2v) is 5.81. The third-order valence-corrected chi connectivity index (χ3v) is 3.92. The number of ether oxygens (including phenoxy) is 1. The molecule has 0 amide bonds. The molecule has 1 aromatic heterocycles. The van der Waals surface area contributed by atoms with Crippen LogP contribution in [0.5, 0.6) is 0 Å². The van der Waals surface area contributed by atoms with E-state index in [2.05, 4.69) is 9.84 Å². The van der Waals surface area contributed by atoms with E-state index >= 15 is 0 Å². The Morgan fingerprint density at radius 3 is 2.23 bits per heavy atom. The van der Waals surface area contributed by atoms with Crippen LogP contribution in [-0.4, -0.2) is 22.9 Å². The number of alkyl halides is 3. The summed E-state index contributed by atoms with van der Waals surface area (Å²) in [5.41, 5.74) is 0.416. The third kappa shape index (κ3) is 3.57. The summed E-state index contributed by atoms with van der Waals surface area (Å²) in [5.74, 6) is -0.536. The molecule has 0 bridgehead atoms. The van der Waals surface area contributed by atoms with Crippen molar-refractivity contribution in [2.45, 2.75) is 6.18 Å². The van der Waals surface area contributed by atoms with Gasteiger partial charge in [0.1, 0.15) is 0 Å². The molecule has 3 rings (SSSR count). The fraction of sp³-hybridized carbons (Fsp3) is 0.111. The van der Waals surface area contributed by atoms with Crippen molar-refractivity contribution in [2.24, 2.45) is 0 Å². The van der Waals surface area contributed by atoms with Gasteiger partial charge in [-0.25, -0.2) is 9.48 Å². The zero-order valence-corrected chi connectivity index (χ0v) is 14.2. The van der Waals surface area contributed by atoms with E-state index < -0.39 is 17.8 Å². The fourth-order valence-corrected chi connectivity index (χ4v) is 2.53. The van der Waals surface area contributed by atoms with Crippen molar-refractivity contribution in [3.8, 4) is 16.9 Å². The summed E-state index contributed by atoms with van der Waals surface area (Å²) in [6.45, 7) is 0. The van der Waals surface area contributed by atoms with E-state index in [1.54, 1.807) is 24.3 Å². The van der Waals surface area contributed by atoms with Gasteiger partial charge in [-0.05, 0) is 42.5 Å². The highest BCUT2D eigenvalue weighted by Gasteiger charge is 2.35. The largest absolute Gasteiger partial charge is 0.465 e. The number of halogens is 4. The van der Waals surface area contributed by atoms with Gasteiger partial charge in [-0.2, -0.15) is 18.3 Å². The van der Waals surface area contributed by atoms with E-state index in [1.165, 1.54) is 36.1 Å². The zero-order chi connectivity index (χ0) is 18.9. The predicted octanol–water partition coefficient (Wildman–Crippen LogP) is 5.00. The summed E-state index contributed by atoms with van der Waals surface area (Å²) in [4.78, 5) is 11.5. The molecule has 26 heavy (non-hydrogen) atoms. The van der Waals surface area contributed by atoms with Crippen molar-refractivity contribution in [3.63, 3.8) is 0 Å². The number of hydrogen-bond donors (Lipinski definition) is 0. The molecule has 0 aliphatic carbocycles. The standard InChI is InChI=1S/C18H12ClF3N2O2/c1-26-17(25)12-4-8-14(9-5-12)24-15(10-16(23-24)18(20,21)22)11-2-6-13(19)7-3-11/h2-10H,1H3. The summed E-state index contributed by atoms with van der Waals surface area (Å²) >= 11 is 5.85. The van der Waals surface area contributed by atoms with E-state index in [0.717, 1.165) is 6.07 Å². The topological polar surface area (TPSA) is 44.1 Å². The summed E-state index contributed by atoms with van der Waals surface area (Å²) in [7, 11) is 1.25. The van der Waals surface area contributed by atoms with Gasteiger partial charge in [-0.3, -0.25) is 0 Å². The van der Waals surface area contributed by atoms with Crippen LogP contribution >= 0.6 is 11.6 Å². The molecule has 0 spiro atoms. The molecule has 0 saturated heterocycles. The van der Waals surface area contributed by atoms with Gasteiger partial charge in [0.15, 0.2) is 5.69 Å². The summed E-state index contributed by atoms with van der Waals surface area (Å²) in [5, 5.41) is 4.16. The smallest absolute Gasteiger partial charge is 0.435 e.